The Morgan fingerprint density at radius 2 is 2.00 bits per heavy atom. The van der Waals surface area contributed by atoms with Crippen LogP contribution in [0.4, 0.5) is 0 Å². The van der Waals surface area contributed by atoms with E-state index in [9.17, 15) is 9.59 Å². The number of hydrogen-bond acceptors (Lipinski definition) is 4. The van der Waals surface area contributed by atoms with Crippen LogP contribution in [0.15, 0.2) is 16.5 Å². The fourth-order valence-corrected chi connectivity index (χ4v) is 1.61. The van der Waals surface area contributed by atoms with E-state index in [-0.39, 0.29) is 36.7 Å². The Labute approximate surface area is 131 Å². The summed E-state index contributed by atoms with van der Waals surface area (Å²) in [4.78, 5) is 25.0. The topological polar surface area (TPSA) is 88.6 Å². The highest BCUT2D eigenvalue weighted by atomic mass is 35.5. The van der Waals surface area contributed by atoms with Crippen LogP contribution in [0.1, 0.15) is 25.4 Å². The van der Waals surface area contributed by atoms with Gasteiger partial charge in [-0.3, -0.25) is 9.59 Å². The van der Waals surface area contributed by atoms with E-state index in [1.165, 1.54) is 4.90 Å². The molecule has 0 unspecified atom stereocenters. The summed E-state index contributed by atoms with van der Waals surface area (Å²) in [7, 11) is 1.66. The molecular weight excluding hydrogens is 294 g/mol. The minimum atomic E-state index is -0.596. The molecule has 0 aliphatic rings. The van der Waals surface area contributed by atoms with Gasteiger partial charge in [0.1, 0.15) is 11.5 Å². The first kappa shape index (κ1) is 19.5. The summed E-state index contributed by atoms with van der Waals surface area (Å²) < 4.78 is 5.40. The number of carbonyl (C=O) groups is 2. The van der Waals surface area contributed by atoms with Gasteiger partial charge in [-0.1, -0.05) is 13.8 Å². The molecule has 3 N–H and O–H groups in total. The van der Waals surface area contributed by atoms with Gasteiger partial charge in [0.05, 0.1) is 19.1 Å². The molecule has 0 spiro atoms. The molecule has 1 aromatic rings. The number of nitrogens with two attached hydrogens (primary N) is 1. The third kappa shape index (κ3) is 6.18. The highest BCUT2D eigenvalue weighted by molar-refractivity contribution is 5.87. The molecule has 0 fully saturated rings. The van der Waals surface area contributed by atoms with Gasteiger partial charge in [-0.25, -0.2) is 0 Å². The van der Waals surface area contributed by atoms with E-state index in [1.807, 2.05) is 32.9 Å². The normalized spacial score (nSPS) is 11.7. The highest BCUT2D eigenvalue weighted by Gasteiger charge is 2.18. The van der Waals surface area contributed by atoms with E-state index < -0.39 is 6.04 Å². The van der Waals surface area contributed by atoms with Crippen LogP contribution >= 0.6 is 12.4 Å². The number of nitrogens with one attached hydrogen (secondary N) is 1. The van der Waals surface area contributed by atoms with E-state index in [1.54, 1.807) is 7.05 Å². The maximum atomic E-state index is 11.9. The van der Waals surface area contributed by atoms with Gasteiger partial charge < -0.3 is 20.4 Å². The quantitative estimate of drug-likeness (QED) is 0.821. The zero-order valence-corrected chi connectivity index (χ0v) is 13.7. The number of carbonyl (C=O) groups excluding carboxylic acids is 2. The van der Waals surface area contributed by atoms with Crippen molar-refractivity contribution in [2.75, 3.05) is 13.6 Å². The maximum Gasteiger partial charge on any atom is 0.242 e. The van der Waals surface area contributed by atoms with Crippen molar-refractivity contribution in [3.8, 4) is 0 Å². The minimum absolute atomic E-state index is 0. The lowest BCUT2D eigenvalue weighted by Crippen LogP contribution is -2.47. The van der Waals surface area contributed by atoms with Crippen molar-refractivity contribution in [2.24, 2.45) is 11.7 Å². The number of halogens is 1. The Morgan fingerprint density at radius 1 is 1.38 bits per heavy atom. The lowest BCUT2D eigenvalue weighted by molar-refractivity contribution is -0.133. The number of aryl methyl sites for hydroxylation is 1. The van der Waals surface area contributed by atoms with E-state index in [4.69, 9.17) is 10.2 Å². The fraction of sp³-hybridized carbons (Fsp3) is 0.571. The Morgan fingerprint density at radius 3 is 2.48 bits per heavy atom. The second-order valence-electron chi connectivity index (χ2n) is 5.25. The zero-order chi connectivity index (χ0) is 15.3. The van der Waals surface area contributed by atoms with Gasteiger partial charge >= 0.3 is 0 Å². The molecule has 1 rings (SSSR count). The number of likely N-dealkylation sites (N-methyl/N-ethyl adjacent to an activating group) is 1. The van der Waals surface area contributed by atoms with Gasteiger partial charge in [0.15, 0.2) is 0 Å². The van der Waals surface area contributed by atoms with Crippen LogP contribution in [0.2, 0.25) is 0 Å². The van der Waals surface area contributed by atoms with Crippen LogP contribution in [0, 0.1) is 12.8 Å². The van der Waals surface area contributed by atoms with E-state index in [0.717, 1.165) is 5.76 Å². The molecule has 21 heavy (non-hydrogen) atoms. The Hall–Kier alpha value is -1.53. The predicted molar refractivity (Wildman–Crippen MR) is 83.0 cm³/mol. The molecule has 0 aromatic carbocycles. The monoisotopic (exact) mass is 317 g/mol. The highest BCUT2D eigenvalue weighted by Crippen LogP contribution is 2.08. The van der Waals surface area contributed by atoms with Crippen LogP contribution < -0.4 is 11.1 Å². The maximum absolute atomic E-state index is 11.9. The lowest BCUT2D eigenvalue weighted by Gasteiger charge is -2.18. The summed E-state index contributed by atoms with van der Waals surface area (Å²) in [5.41, 5.74) is 5.70. The molecule has 7 heteroatoms. The summed E-state index contributed by atoms with van der Waals surface area (Å²) in [5, 5.41) is 2.55. The molecule has 1 aromatic heterocycles. The average molecular weight is 318 g/mol. The van der Waals surface area contributed by atoms with E-state index in [2.05, 4.69) is 5.32 Å². The first-order valence-electron chi connectivity index (χ1n) is 6.63. The largest absolute Gasteiger partial charge is 0.464 e. The molecule has 0 saturated heterocycles. The number of rotatable bonds is 6. The lowest BCUT2D eigenvalue weighted by atomic mass is 10.1. The van der Waals surface area contributed by atoms with Gasteiger partial charge in [0.25, 0.3) is 0 Å². The summed E-state index contributed by atoms with van der Waals surface area (Å²) in [6, 6.07) is 3.07. The molecule has 0 aliphatic heterocycles. The van der Waals surface area contributed by atoms with Gasteiger partial charge in [0.2, 0.25) is 11.8 Å². The van der Waals surface area contributed by atoms with Gasteiger partial charge in [-0.15, -0.1) is 12.4 Å². The zero-order valence-electron chi connectivity index (χ0n) is 12.9. The fourth-order valence-electron chi connectivity index (χ4n) is 1.61. The second-order valence-corrected chi connectivity index (χ2v) is 5.25. The number of nitrogens with zero attached hydrogens (tertiary/aromatic N) is 1. The molecule has 1 atom stereocenters. The second kappa shape index (κ2) is 8.69. The Kier molecular flexibility index (Phi) is 8.06. The molecule has 1 heterocycles. The molecule has 0 radical (unpaired) electrons. The average Bonchev–Trinajstić information content (AvgIpc) is 2.79. The standard InChI is InChI=1S/C14H23N3O3.ClH/c1-9(2)13(15)14(19)16-7-12(18)17(4)8-11-6-5-10(3)20-11;/h5-6,9,13H,7-8,15H2,1-4H3,(H,16,19);1H/t13-;/m0./s1. The number of amides is 2. The molecule has 0 bridgehead atoms. The van der Waals surface area contributed by atoms with Gasteiger partial charge in [0, 0.05) is 7.05 Å². The molecular formula is C14H24ClN3O3. The smallest absolute Gasteiger partial charge is 0.242 e. The van der Waals surface area contributed by atoms with Crippen molar-refractivity contribution in [3.63, 3.8) is 0 Å². The molecule has 0 saturated carbocycles. The minimum Gasteiger partial charge on any atom is -0.464 e. The van der Waals surface area contributed by atoms with E-state index >= 15 is 0 Å². The third-order valence-corrected chi connectivity index (χ3v) is 3.05. The van der Waals surface area contributed by atoms with Crippen LogP contribution in [-0.2, 0) is 16.1 Å². The van der Waals surface area contributed by atoms with Crippen molar-refractivity contribution in [2.45, 2.75) is 33.4 Å². The summed E-state index contributed by atoms with van der Waals surface area (Å²) in [5.74, 6) is 1.05. The molecule has 6 nitrogen and oxygen atoms in total. The Bertz CT molecular complexity index is 474. The van der Waals surface area contributed by atoms with Crippen LogP contribution in [-0.4, -0.2) is 36.3 Å². The SMILES string of the molecule is Cc1ccc(CN(C)C(=O)CNC(=O)[C@@H](N)C(C)C)o1.Cl. The van der Waals surface area contributed by atoms with Crippen molar-refractivity contribution in [3.05, 3.63) is 23.7 Å². The predicted octanol–water partition coefficient (Wildman–Crippen LogP) is 1.07. The van der Waals surface area contributed by atoms with Crippen LogP contribution in [0.5, 0.6) is 0 Å². The van der Waals surface area contributed by atoms with Gasteiger partial charge in [-0.2, -0.15) is 0 Å². The summed E-state index contributed by atoms with van der Waals surface area (Å²) in [6.07, 6.45) is 0. The number of hydrogen-bond donors (Lipinski definition) is 2. The first-order valence-corrected chi connectivity index (χ1v) is 6.63. The third-order valence-electron chi connectivity index (χ3n) is 3.05. The van der Waals surface area contributed by atoms with Gasteiger partial charge in [-0.05, 0) is 25.0 Å². The summed E-state index contributed by atoms with van der Waals surface area (Å²) >= 11 is 0. The molecule has 0 aliphatic carbocycles. The molecule has 120 valence electrons. The number of furan rings is 1. The summed E-state index contributed by atoms with van der Waals surface area (Å²) in [6.45, 7) is 5.88. The Balaban J connectivity index is 0.00000400. The van der Waals surface area contributed by atoms with Crippen LogP contribution in [0.25, 0.3) is 0 Å². The van der Waals surface area contributed by atoms with Crippen LogP contribution in [0.3, 0.4) is 0 Å². The van der Waals surface area contributed by atoms with Crippen molar-refractivity contribution in [1.29, 1.82) is 0 Å². The first-order chi connectivity index (χ1) is 9.31. The van der Waals surface area contributed by atoms with Crippen molar-refractivity contribution < 1.29 is 14.0 Å². The van der Waals surface area contributed by atoms with E-state index in [0.29, 0.717) is 12.3 Å². The van der Waals surface area contributed by atoms with Crippen molar-refractivity contribution in [1.82, 2.24) is 10.2 Å². The molecule has 2 amide bonds. The van der Waals surface area contributed by atoms with Crippen molar-refractivity contribution >= 4 is 24.2 Å².